The maximum Gasteiger partial charge on any atom is 0.120 e. The zero-order valence-corrected chi connectivity index (χ0v) is 24.4. The van der Waals surface area contributed by atoms with Crippen molar-refractivity contribution in [1.82, 2.24) is 0 Å². The van der Waals surface area contributed by atoms with Crippen LogP contribution in [-0.4, -0.2) is 11.2 Å². The normalized spacial score (nSPS) is 39.0. The second-order valence-electron chi connectivity index (χ2n) is 14.0. The van der Waals surface area contributed by atoms with Crippen LogP contribution in [0.5, 0.6) is 11.5 Å². The van der Waals surface area contributed by atoms with Gasteiger partial charge in [-0.3, -0.25) is 0 Å². The molecule has 2 nitrogen and oxygen atoms in total. The van der Waals surface area contributed by atoms with Gasteiger partial charge in [0.05, 0.1) is 0 Å². The first-order valence-electron chi connectivity index (χ1n) is 15.5. The molecule has 1 aromatic rings. The highest BCUT2D eigenvalue weighted by molar-refractivity contribution is 5.31. The Labute approximate surface area is 227 Å². The maximum absolute atomic E-state index is 9.60. The minimum Gasteiger partial charge on any atom is -0.508 e. The molecular formula is C35H52O2. The topological polar surface area (TPSA) is 29.5 Å². The number of benzene rings is 1. The minimum atomic E-state index is 0.260. The lowest BCUT2D eigenvalue weighted by atomic mass is 9.47. The van der Waals surface area contributed by atoms with Crippen LogP contribution < -0.4 is 4.74 Å². The van der Waals surface area contributed by atoms with Gasteiger partial charge in [-0.15, -0.1) is 0 Å². The molecule has 9 atom stereocenters. The van der Waals surface area contributed by atoms with E-state index in [0.717, 1.165) is 54.1 Å². The Morgan fingerprint density at radius 3 is 2.43 bits per heavy atom. The summed E-state index contributed by atoms with van der Waals surface area (Å²) in [4.78, 5) is 0. The Morgan fingerprint density at radius 2 is 1.73 bits per heavy atom. The first-order chi connectivity index (χ1) is 17.7. The molecule has 0 spiro atoms. The number of hydrogen-bond donors (Lipinski definition) is 1. The molecule has 0 bridgehead atoms. The molecule has 0 aromatic heterocycles. The Morgan fingerprint density at radius 1 is 0.973 bits per heavy atom. The van der Waals surface area contributed by atoms with E-state index in [-0.39, 0.29) is 6.10 Å². The molecule has 0 unspecified atom stereocenters. The number of allylic oxidation sites excluding steroid dienone is 3. The number of rotatable bonds is 7. The fourth-order valence-electron chi connectivity index (χ4n) is 9.63. The van der Waals surface area contributed by atoms with Gasteiger partial charge in [-0.25, -0.2) is 0 Å². The van der Waals surface area contributed by atoms with Crippen LogP contribution in [0.3, 0.4) is 0 Å². The summed E-state index contributed by atoms with van der Waals surface area (Å²) in [6.45, 7) is 14.9. The summed E-state index contributed by atoms with van der Waals surface area (Å²) in [5.74, 6) is 6.77. The molecule has 3 saturated carbocycles. The zero-order valence-electron chi connectivity index (χ0n) is 24.4. The maximum atomic E-state index is 9.60. The Bertz CT molecular complexity index is 989. The van der Waals surface area contributed by atoms with Crippen LogP contribution in [0.4, 0.5) is 0 Å². The van der Waals surface area contributed by atoms with Gasteiger partial charge in [0.15, 0.2) is 0 Å². The lowest BCUT2D eigenvalue weighted by molar-refractivity contribution is -0.0526. The number of ether oxygens (including phenoxy) is 1. The third kappa shape index (κ3) is 4.92. The molecule has 0 amide bonds. The van der Waals surface area contributed by atoms with Crippen molar-refractivity contribution in [3.63, 3.8) is 0 Å². The summed E-state index contributed by atoms with van der Waals surface area (Å²) in [5, 5.41) is 9.60. The van der Waals surface area contributed by atoms with Crippen LogP contribution >= 0.6 is 0 Å². The van der Waals surface area contributed by atoms with Crippen LogP contribution in [0, 0.1) is 52.3 Å². The summed E-state index contributed by atoms with van der Waals surface area (Å²) in [7, 11) is 0. The van der Waals surface area contributed by atoms with E-state index in [1.807, 2.05) is 12.1 Å². The third-order valence-corrected chi connectivity index (χ3v) is 11.9. The second kappa shape index (κ2) is 10.5. The van der Waals surface area contributed by atoms with Gasteiger partial charge in [-0.2, -0.15) is 0 Å². The SMILES string of the molecule is CC[C@H](/C=C/[C@@H](C)[C@H]1CC[C@H]2[C@@H]3CC=C4C[C@@H](Oc5ccc(O)cc5)CC[C@]4(C)[C@H]3CC[C@]12C)C(C)C. The standard InChI is InChI=1S/C35H52O2/c1-7-25(23(2)3)9-8-24(4)31-16-17-32-30-15-10-26-22-29(37-28-13-11-27(36)12-14-28)18-20-34(26,5)33(30)19-21-35(31,32)6/h8-14,23-25,29-33,36H,7,15-22H2,1-6H3/b9-8+/t24-,25-,29+,30+,31-,32+,33+,34+,35-/m1/s1. The molecule has 2 heteroatoms. The lowest BCUT2D eigenvalue weighted by Gasteiger charge is -2.58. The second-order valence-corrected chi connectivity index (χ2v) is 14.0. The third-order valence-electron chi connectivity index (χ3n) is 11.9. The van der Waals surface area contributed by atoms with Crippen molar-refractivity contribution in [1.29, 1.82) is 0 Å². The molecule has 0 saturated heterocycles. The van der Waals surface area contributed by atoms with Crippen molar-refractivity contribution in [2.45, 2.75) is 105 Å². The average molecular weight is 505 g/mol. The van der Waals surface area contributed by atoms with E-state index in [1.54, 1.807) is 17.7 Å². The number of fused-ring (bicyclic) bond motifs is 5. The molecule has 5 rings (SSSR count). The molecule has 0 radical (unpaired) electrons. The highest BCUT2D eigenvalue weighted by atomic mass is 16.5. The van der Waals surface area contributed by atoms with E-state index in [1.165, 1.54) is 44.9 Å². The van der Waals surface area contributed by atoms with Gasteiger partial charge in [-0.05, 0) is 128 Å². The molecule has 0 aliphatic heterocycles. The van der Waals surface area contributed by atoms with Gasteiger partial charge in [0.1, 0.15) is 17.6 Å². The largest absolute Gasteiger partial charge is 0.508 e. The highest BCUT2D eigenvalue weighted by Crippen LogP contribution is 2.67. The number of hydrogen-bond acceptors (Lipinski definition) is 2. The Hall–Kier alpha value is -1.70. The van der Waals surface area contributed by atoms with E-state index in [2.05, 4.69) is 59.8 Å². The minimum absolute atomic E-state index is 0.260. The van der Waals surface area contributed by atoms with Gasteiger partial charge >= 0.3 is 0 Å². The van der Waals surface area contributed by atoms with Crippen LogP contribution in [0.15, 0.2) is 48.1 Å². The van der Waals surface area contributed by atoms with Crippen molar-refractivity contribution in [2.75, 3.05) is 0 Å². The van der Waals surface area contributed by atoms with Crippen LogP contribution in [0.25, 0.3) is 0 Å². The molecule has 37 heavy (non-hydrogen) atoms. The Kier molecular flexibility index (Phi) is 7.60. The van der Waals surface area contributed by atoms with E-state index in [9.17, 15) is 5.11 Å². The molecule has 0 heterocycles. The summed E-state index contributed by atoms with van der Waals surface area (Å²) in [6.07, 6.45) is 19.8. The van der Waals surface area contributed by atoms with Crippen molar-refractivity contribution >= 4 is 0 Å². The quantitative estimate of drug-likeness (QED) is 0.375. The molecular weight excluding hydrogens is 452 g/mol. The predicted molar refractivity (Wildman–Crippen MR) is 155 cm³/mol. The van der Waals surface area contributed by atoms with Gasteiger partial charge in [0, 0.05) is 6.42 Å². The summed E-state index contributed by atoms with van der Waals surface area (Å²) in [6, 6.07) is 7.25. The van der Waals surface area contributed by atoms with Gasteiger partial charge in [0.25, 0.3) is 0 Å². The van der Waals surface area contributed by atoms with Crippen molar-refractivity contribution in [2.24, 2.45) is 52.3 Å². The van der Waals surface area contributed by atoms with Gasteiger partial charge in [-0.1, -0.05) is 65.3 Å². The zero-order chi connectivity index (χ0) is 26.4. The molecule has 1 aromatic carbocycles. The fourth-order valence-corrected chi connectivity index (χ4v) is 9.63. The van der Waals surface area contributed by atoms with E-state index < -0.39 is 0 Å². The smallest absolute Gasteiger partial charge is 0.120 e. The first-order valence-corrected chi connectivity index (χ1v) is 15.5. The van der Waals surface area contributed by atoms with E-state index in [0.29, 0.717) is 22.5 Å². The van der Waals surface area contributed by atoms with Gasteiger partial charge in [0.2, 0.25) is 0 Å². The van der Waals surface area contributed by atoms with E-state index in [4.69, 9.17) is 4.74 Å². The molecule has 1 N–H and O–H groups in total. The van der Waals surface area contributed by atoms with Crippen molar-refractivity contribution < 1.29 is 9.84 Å². The molecule has 204 valence electrons. The van der Waals surface area contributed by atoms with Gasteiger partial charge < -0.3 is 9.84 Å². The number of phenolic OH excluding ortho intramolecular Hbond substituents is 1. The average Bonchev–Trinajstić information content (AvgIpc) is 3.23. The molecule has 4 aliphatic rings. The first kappa shape index (κ1) is 26.9. The van der Waals surface area contributed by atoms with Crippen molar-refractivity contribution in [3.05, 3.63) is 48.1 Å². The van der Waals surface area contributed by atoms with Crippen molar-refractivity contribution in [3.8, 4) is 11.5 Å². The summed E-state index contributed by atoms with van der Waals surface area (Å²) in [5.41, 5.74) is 2.54. The van der Waals surface area contributed by atoms with Crippen LogP contribution in [-0.2, 0) is 0 Å². The predicted octanol–water partition coefficient (Wildman–Crippen LogP) is 9.59. The summed E-state index contributed by atoms with van der Waals surface area (Å²) >= 11 is 0. The van der Waals surface area contributed by atoms with Crippen LogP contribution in [0.2, 0.25) is 0 Å². The molecule has 4 aliphatic carbocycles. The number of aromatic hydroxyl groups is 1. The monoisotopic (exact) mass is 504 g/mol. The molecule has 3 fully saturated rings. The lowest BCUT2D eigenvalue weighted by Crippen LogP contribution is -2.51. The number of phenols is 1. The summed E-state index contributed by atoms with van der Waals surface area (Å²) < 4.78 is 6.37. The fraction of sp³-hybridized carbons (Fsp3) is 0.714. The highest BCUT2D eigenvalue weighted by Gasteiger charge is 2.59. The van der Waals surface area contributed by atoms with Crippen LogP contribution in [0.1, 0.15) is 99.3 Å². The van der Waals surface area contributed by atoms with E-state index >= 15 is 0 Å². The Balaban J connectivity index is 1.28.